The van der Waals surface area contributed by atoms with Crippen molar-refractivity contribution in [2.75, 3.05) is 13.6 Å². The van der Waals surface area contributed by atoms with Crippen LogP contribution in [0, 0.1) is 0 Å². The molecule has 0 aliphatic heterocycles. The van der Waals surface area contributed by atoms with E-state index in [2.05, 4.69) is 4.72 Å². The van der Waals surface area contributed by atoms with Crippen LogP contribution in [-0.2, 0) is 15.0 Å². The van der Waals surface area contributed by atoms with Crippen LogP contribution in [0.4, 0.5) is 0 Å². The summed E-state index contributed by atoms with van der Waals surface area (Å²) in [6.07, 6.45) is 0.233. The van der Waals surface area contributed by atoms with Crippen molar-refractivity contribution in [1.29, 1.82) is 0 Å². The minimum atomic E-state index is -3.66. The average Bonchev–Trinajstić information content (AvgIpc) is 2.04. The van der Waals surface area contributed by atoms with Crippen molar-refractivity contribution in [2.24, 2.45) is 0 Å². The predicted octanol–water partition coefficient (Wildman–Crippen LogP) is -0.364. The van der Waals surface area contributed by atoms with E-state index in [4.69, 9.17) is 5.11 Å². The van der Waals surface area contributed by atoms with Gasteiger partial charge in [-0.2, -0.15) is 12.7 Å². The normalized spacial score (nSPS) is 14.3. The second-order valence-electron chi connectivity index (χ2n) is 2.78. The van der Waals surface area contributed by atoms with Crippen LogP contribution in [-0.4, -0.2) is 43.4 Å². The number of hydrogen-bond acceptors (Lipinski definition) is 3. The molecule has 84 valence electrons. The Balaban J connectivity index is 4.74. The Morgan fingerprint density at radius 3 is 2.29 bits per heavy atom. The fourth-order valence-corrected chi connectivity index (χ4v) is 2.18. The molecule has 0 spiro atoms. The monoisotopic (exact) mass is 224 g/mol. The Labute approximate surface area is 84.1 Å². The summed E-state index contributed by atoms with van der Waals surface area (Å²) in [5, 5.41) is 8.74. The zero-order valence-corrected chi connectivity index (χ0v) is 9.34. The summed E-state index contributed by atoms with van der Waals surface area (Å²) in [4.78, 5) is 10.7. The molecule has 0 bridgehead atoms. The van der Waals surface area contributed by atoms with Crippen LogP contribution in [0.3, 0.4) is 0 Å². The van der Waals surface area contributed by atoms with Crippen LogP contribution in [0.1, 0.15) is 20.3 Å². The van der Waals surface area contributed by atoms with Crippen LogP contribution in [0.25, 0.3) is 0 Å². The number of likely N-dealkylation sites (N-methyl/N-ethyl adjacent to an activating group) is 1. The van der Waals surface area contributed by atoms with Crippen LogP contribution >= 0.6 is 0 Å². The second-order valence-corrected chi connectivity index (χ2v) is 4.60. The summed E-state index contributed by atoms with van der Waals surface area (Å²) in [5.74, 6) is -1.14. The lowest BCUT2D eigenvalue weighted by molar-refractivity contribution is -0.141. The van der Waals surface area contributed by atoms with Gasteiger partial charge in [0.1, 0.15) is 6.04 Å². The van der Waals surface area contributed by atoms with E-state index in [0.29, 0.717) is 0 Å². The lowest BCUT2D eigenvalue weighted by Gasteiger charge is -2.22. The number of nitrogens with zero attached hydrogens (tertiary/aromatic N) is 1. The van der Waals surface area contributed by atoms with Crippen molar-refractivity contribution < 1.29 is 18.3 Å². The molecule has 6 nitrogen and oxygen atoms in total. The smallest absolute Gasteiger partial charge is 0.322 e. The van der Waals surface area contributed by atoms with Gasteiger partial charge in [-0.3, -0.25) is 4.79 Å². The number of carbonyl (C=O) groups is 1. The maximum atomic E-state index is 11.4. The SMILES string of the molecule is CCNS(=O)(=O)N(C)C(CC)C(=O)O. The predicted molar refractivity (Wildman–Crippen MR) is 52.1 cm³/mol. The van der Waals surface area contributed by atoms with E-state index >= 15 is 0 Å². The van der Waals surface area contributed by atoms with Gasteiger partial charge in [0.25, 0.3) is 10.2 Å². The molecule has 0 aromatic rings. The number of aliphatic carboxylic acids is 1. The van der Waals surface area contributed by atoms with E-state index in [-0.39, 0.29) is 13.0 Å². The number of carboxylic acids is 1. The lowest BCUT2D eigenvalue weighted by atomic mass is 10.2. The number of nitrogens with one attached hydrogen (secondary N) is 1. The first-order valence-electron chi connectivity index (χ1n) is 4.32. The molecular weight excluding hydrogens is 208 g/mol. The maximum absolute atomic E-state index is 11.4. The standard InChI is InChI=1S/C7H16N2O4S/c1-4-6(7(10)11)9(3)14(12,13)8-5-2/h6,8H,4-5H2,1-3H3,(H,10,11). The summed E-state index contributed by atoms with van der Waals surface area (Å²) in [6, 6.07) is -1.01. The molecule has 7 heteroatoms. The fourth-order valence-electron chi connectivity index (χ4n) is 1.04. The summed E-state index contributed by atoms with van der Waals surface area (Å²) in [6.45, 7) is 3.49. The van der Waals surface area contributed by atoms with Crippen molar-refractivity contribution in [3.8, 4) is 0 Å². The van der Waals surface area contributed by atoms with Gasteiger partial charge in [0.2, 0.25) is 0 Å². The first kappa shape index (κ1) is 13.3. The Bertz CT molecular complexity index is 288. The third kappa shape index (κ3) is 3.24. The zero-order valence-electron chi connectivity index (χ0n) is 8.52. The Kier molecular flexibility index (Phi) is 5.03. The van der Waals surface area contributed by atoms with Crippen molar-refractivity contribution in [3.63, 3.8) is 0 Å². The second kappa shape index (κ2) is 5.28. The molecule has 0 heterocycles. The molecule has 0 aromatic heterocycles. The van der Waals surface area contributed by atoms with E-state index in [1.165, 1.54) is 7.05 Å². The van der Waals surface area contributed by atoms with Crippen molar-refractivity contribution >= 4 is 16.2 Å². The van der Waals surface area contributed by atoms with E-state index in [1.807, 2.05) is 0 Å². The maximum Gasteiger partial charge on any atom is 0.322 e. The first-order valence-corrected chi connectivity index (χ1v) is 5.76. The highest BCUT2D eigenvalue weighted by atomic mass is 32.2. The Morgan fingerprint density at radius 2 is 2.00 bits per heavy atom. The van der Waals surface area contributed by atoms with Gasteiger partial charge >= 0.3 is 5.97 Å². The summed E-state index contributed by atoms with van der Waals surface area (Å²) in [7, 11) is -2.41. The molecule has 0 aliphatic rings. The number of carboxylic acid groups (broad SMARTS) is 1. The lowest BCUT2D eigenvalue weighted by Crippen LogP contribution is -2.47. The van der Waals surface area contributed by atoms with Gasteiger partial charge in [-0.1, -0.05) is 13.8 Å². The van der Waals surface area contributed by atoms with Crippen molar-refractivity contribution in [1.82, 2.24) is 9.03 Å². The van der Waals surface area contributed by atoms with Gasteiger partial charge in [-0.25, -0.2) is 4.72 Å². The summed E-state index contributed by atoms with van der Waals surface area (Å²) >= 11 is 0. The van der Waals surface area contributed by atoms with Crippen LogP contribution in [0.2, 0.25) is 0 Å². The molecule has 0 radical (unpaired) electrons. The largest absolute Gasteiger partial charge is 0.480 e. The minimum Gasteiger partial charge on any atom is -0.480 e. The Morgan fingerprint density at radius 1 is 1.50 bits per heavy atom. The molecule has 0 amide bonds. The molecule has 0 saturated heterocycles. The molecule has 1 unspecified atom stereocenters. The van der Waals surface area contributed by atoms with Crippen LogP contribution < -0.4 is 4.72 Å². The quantitative estimate of drug-likeness (QED) is 0.645. The summed E-state index contributed by atoms with van der Waals surface area (Å²) in [5.41, 5.74) is 0. The van der Waals surface area contributed by atoms with Gasteiger partial charge in [-0.05, 0) is 6.42 Å². The summed E-state index contributed by atoms with van der Waals surface area (Å²) < 4.78 is 25.8. The third-order valence-electron chi connectivity index (χ3n) is 1.82. The van der Waals surface area contributed by atoms with Crippen molar-refractivity contribution in [3.05, 3.63) is 0 Å². The average molecular weight is 224 g/mol. The highest BCUT2D eigenvalue weighted by molar-refractivity contribution is 7.87. The van der Waals surface area contributed by atoms with E-state index in [0.717, 1.165) is 4.31 Å². The van der Waals surface area contributed by atoms with Crippen LogP contribution in [0.15, 0.2) is 0 Å². The highest BCUT2D eigenvalue weighted by Gasteiger charge is 2.29. The first-order chi connectivity index (χ1) is 6.36. The fraction of sp³-hybridized carbons (Fsp3) is 0.857. The van der Waals surface area contributed by atoms with E-state index < -0.39 is 22.2 Å². The minimum absolute atomic E-state index is 0.233. The number of rotatable bonds is 6. The van der Waals surface area contributed by atoms with E-state index in [1.54, 1.807) is 13.8 Å². The van der Waals surface area contributed by atoms with Gasteiger partial charge in [0, 0.05) is 13.6 Å². The zero-order chi connectivity index (χ0) is 11.4. The highest BCUT2D eigenvalue weighted by Crippen LogP contribution is 2.06. The van der Waals surface area contributed by atoms with Gasteiger partial charge < -0.3 is 5.11 Å². The van der Waals surface area contributed by atoms with Crippen molar-refractivity contribution in [2.45, 2.75) is 26.3 Å². The van der Waals surface area contributed by atoms with Crippen LogP contribution in [0.5, 0.6) is 0 Å². The molecule has 0 fully saturated rings. The molecule has 2 N–H and O–H groups in total. The van der Waals surface area contributed by atoms with E-state index in [9.17, 15) is 13.2 Å². The van der Waals surface area contributed by atoms with Gasteiger partial charge in [0.05, 0.1) is 0 Å². The molecule has 0 rings (SSSR count). The molecule has 1 atom stereocenters. The third-order valence-corrected chi connectivity index (χ3v) is 3.48. The molecule has 14 heavy (non-hydrogen) atoms. The topological polar surface area (TPSA) is 86.7 Å². The van der Waals surface area contributed by atoms with Gasteiger partial charge in [0.15, 0.2) is 0 Å². The Hall–Kier alpha value is -0.660. The molecule has 0 aromatic carbocycles. The number of hydrogen-bond donors (Lipinski definition) is 2. The molecule has 0 saturated carbocycles. The molecular formula is C7H16N2O4S. The van der Waals surface area contributed by atoms with Gasteiger partial charge in [-0.15, -0.1) is 0 Å². The molecule has 0 aliphatic carbocycles.